The lowest BCUT2D eigenvalue weighted by Crippen LogP contribution is -2.44. The van der Waals surface area contributed by atoms with Crippen LogP contribution in [0.2, 0.25) is 0 Å². The van der Waals surface area contributed by atoms with E-state index in [0.717, 1.165) is 18.7 Å². The summed E-state index contributed by atoms with van der Waals surface area (Å²) in [6.07, 6.45) is 6.18. The number of hydrogen-bond donors (Lipinski definition) is 1. The predicted octanol–water partition coefficient (Wildman–Crippen LogP) is 3.08. The summed E-state index contributed by atoms with van der Waals surface area (Å²) in [5.41, 5.74) is -0.0431. The molecule has 2 rings (SSSR count). The first-order valence-electron chi connectivity index (χ1n) is 6.38. The zero-order valence-electron chi connectivity index (χ0n) is 10.9. The number of nitrogens with zero attached hydrogens (tertiary/aromatic N) is 2. The monoisotopic (exact) mass is 269 g/mol. The standard InChI is InChI=1S/C13H20ClN3O/c1-10-4-3-5-13(7-10,8-14)17-11-6-12(18-2)16-9-15-11/h6,9-10H,3-5,7-8H2,1-2H3,(H,15,16,17). The highest BCUT2D eigenvalue weighted by Crippen LogP contribution is 2.35. The maximum atomic E-state index is 6.19. The molecule has 100 valence electrons. The molecule has 0 aromatic carbocycles. The predicted molar refractivity (Wildman–Crippen MR) is 73.3 cm³/mol. The van der Waals surface area contributed by atoms with Gasteiger partial charge in [0.2, 0.25) is 5.88 Å². The topological polar surface area (TPSA) is 47.0 Å². The van der Waals surface area contributed by atoms with E-state index in [1.165, 1.54) is 19.2 Å². The van der Waals surface area contributed by atoms with Gasteiger partial charge < -0.3 is 10.1 Å². The van der Waals surface area contributed by atoms with Gasteiger partial charge in [0.15, 0.2) is 0 Å². The SMILES string of the molecule is COc1cc(NC2(CCl)CCCC(C)C2)ncn1. The highest BCUT2D eigenvalue weighted by molar-refractivity contribution is 6.18. The molecule has 0 amide bonds. The van der Waals surface area contributed by atoms with E-state index in [-0.39, 0.29) is 5.54 Å². The maximum Gasteiger partial charge on any atom is 0.218 e. The fraction of sp³-hybridized carbons (Fsp3) is 0.692. The van der Waals surface area contributed by atoms with Gasteiger partial charge in [-0.25, -0.2) is 9.97 Å². The quantitative estimate of drug-likeness (QED) is 0.854. The Balaban J connectivity index is 2.13. The van der Waals surface area contributed by atoms with Gasteiger partial charge >= 0.3 is 0 Å². The number of anilines is 1. The molecule has 1 aliphatic rings. The van der Waals surface area contributed by atoms with Gasteiger partial charge in [0.25, 0.3) is 0 Å². The van der Waals surface area contributed by atoms with E-state index in [1.807, 2.05) is 6.07 Å². The summed E-state index contributed by atoms with van der Waals surface area (Å²) in [5.74, 6) is 2.66. The third-order valence-electron chi connectivity index (χ3n) is 3.59. The molecule has 1 saturated carbocycles. The molecule has 0 saturated heterocycles. The van der Waals surface area contributed by atoms with Crippen molar-refractivity contribution in [2.75, 3.05) is 18.3 Å². The summed E-state index contributed by atoms with van der Waals surface area (Å²) in [6, 6.07) is 1.81. The number of aromatic nitrogens is 2. The normalized spacial score (nSPS) is 27.8. The Labute approximate surface area is 113 Å². The summed E-state index contributed by atoms with van der Waals surface area (Å²) in [4.78, 5) is 8.25. The third kappa shape index (κ3) is 3.05. The highest BCUT2D eigenvalue weighted by Gasteiger charge is 2.34. The van der Waals surface area contributed by atoms with Gasteiger partial charge in [-0.1, -0.05) is 19.8 Å². The van der Waals surface area contributed by atoms with Crippen LogP contribution in [-0.4, -0.2) is 28.5 Å². The lowest BCUT2D eigenvalue weighted by molar-refractivity contribution is 0.279. The van der Waals surface area contributed by atoms with E-state index in [2.05, 4.69) is 22.2 Å². The van der Waals surface area contributed by atoms with Crippen molar-refractivity contribution in [3.8, 4) is 5.88 Å². The molecule has 1 aromatic heterocycles. The minimum atomic E-state index is -0.0431. The third-order valence-corrected chi connectivity index (χ3v) is 4.10. The Hall–Kier alpha value is -1.03. The van der Waals surface area contributed by atoms with Crippen LogP contribution in [0.1, 0.15) is 32.6 Å². The second-order valence-corrected chi connectivity index (χ2v) is 5.45. The van der Waals surface area contributed by atoms with Gasteiger partial charge in [-0.15, -0.1) is 11.6 Å². The first-order valence-corrected chi connectivity index (χ1v) is 6.91. The van der Waals surface area contributed by atoms with E-state index in [9.17, 15) is 0 Å². The minimum absolute atomic E-state index is 0.0431. The molecule has 1 aromatic rings. The number of methoxy groups -OCH3 is 1. The van der Waals surface area contributed by atoms with Crippen LogP contribution in [0.4, 0.5) is 5.82 Å². The van der Waals surface area contributed by atoms with Crippen LogP contribution in [0, 0.1) is 5.92 Å². The summed E-state index contributed by atoms with van der Waals surface area (Å²) in [6.45, 7) is 2.28. The summed E-state index contributed by atoms with van der Waals surface area (Å²) in [5, 5.41) is 3.49. The van der Waals surface area contributed by atoms with Gasteiger partial charge in [0, 0.05) is 11.9 Å². The molecular weight excluding hydrogens is 250 g/mol. The maximum absolute atomic E-state index is 6.19. The molecule has 0 aliphatic heterocycles. The Kier molecular flexibility index (Phi) is 4.27. The summed E-state index contributed by atoms with van der Waals surface area (Å²) in [7, 11) is 1.60. The van der Waals surface area contributed by atoms with Crippen molar-refractivity contribution in [3.05, 3.63) is 12.4 Å². The minimum Gasteiger partial charge on any atom is -0.481 e. The first-order chi connectivity index (χ1) is 8.67. The number of hydrogen-bond acceptors (Lipinski definition) is 4. The molecule has 1 fully saturated rings. The van der Waals surface area contributed by atoms with Crippen molar-refractivity contribution in [1.29, 1.82) is 0 Å². The smallest absolute Gasteiger partial charge is 0.218 e. The molecule has 18 heavy (non-hydrogen) atoms. The first kappa shape index (κ1) is 13.4. The molecule has 1 N–H and O–H groups in total. The molecule has 2 atom stereocenters. The molecule has 1 heterocycles. The number of alkyl halides is 1. The Bertz CT molecular complexity index is 402. The fourth-order valence-electron chi connectivity index (χ4n) is 2.72. The van der Waals surface area contributed by atoms with Crippen LogP contribution >= 0.6 is 11.6 Å². The van der Waals surface area contributed by atoms with Crippen molar-refractivity contribution >= 4 is 17.4 Å². The van der Waals surface area contributed by atoms with Gasteiger partial charge in [-0.3, -0.25) is 0 Å². The van der Waals surface area contributed by atoms with Crippen LogP contribution in [-0.2, 0) is 0 Å². The van der Waals surface area contributed by atoms with Gasteiger partial charge in [0.1, 0.15) is 12.1 Å². The van der Waals surface area contributed by atoms with E-state index >= 15 is 0 Å². The molecule has 0 bridgehead atoms. The Morgan fingerprint density at radius 3 is 3.06 bits per heavy atom. The van der Waals surface area contributed by atoms with Crippen molar-refractivity contribution in [2.24, 2.45) is 5.92 Å². The molecule has 0 radical (unpaired) electrons. The second-order valence-electron chi connectivity index (χ2n) is 5.19. The average Bonchev–Trinajstić information content (AvgIpc) is 2.39. The number of nitrogens with one attached hydrogen (secondary N) is 1. The molecular formula is C13H20ClN3O. The Morgan fingerprint density at radius 1 is 1.56 bits per heavy atom. The largest absolute Gasteiger partial charge is 0.481 e. The Morgan fingerprint density at radius 2 is 2.39 bits per heavy atom. The van der Waals surface area contributed by atoms with Crippen molar-refractivity contribution in [3.63, 3.8) is 0 Å². The average molecular weight is 270 g/mol. The van der Waals surface area contributed by atoms with Crippen molar-refractivity contribution in [1.82, 2.24) is 9.97 Å². The number of rotatable bonds is 4. The zero-order valence-corrected chi connectivity index (χ0v) is 11.7. The zero-order chi connectivity index (χ0) is 13.0. The number of ether oxygens (including phenoxy) is 1. The number of halogens is 1. The van der Waals surface area contributed by atoms with E-state index in [1.54, 1.807) is 7.11 Å². The summed E-state index contributed by atoms with van der Waals surface area (Å²) < 4.78 is 5.11. The van der Waals surface area contributed by atoms with Crippen LogP contribution in [0.25, 0.3) is 0 Å². The van der Waals surface area contributed by atoms with E-state index < -0.39 is 0 Å². The second kappa shape index (κ2) is 5.74. The van der Waals surface area contributed by atoms with Crippen LogP contribution in [0.5, 0.6) is 5.88 Å². The van der Waals surface area contributed by atoms with Crippen LogP contribution in [0.15, 0.2) is 12.4 Å². The summed E-state index contributed by atoms with van der Waals surface area (Å²) >= 11 is 6.19. The van der Waals surface area contributed by atoms with Crippen molar-refractivity contribution < 1.29 is 4.74 Å². The lowest BCUT2D eigenvalue weighted by atomic mass is 9.77. The van der Waals surface area contributed by atoms with Crippen molar-refractivity contribution in [2.45, 2.75) is 38.1 Å². The molecule has 5 heteroatoms. The van der Waals surface area contributed by atoms with Crippen LogP contribution < -0.4 is 10.1 Å². The molecule has 2 unspecified atom stereocenters. The fourth-order valence-corrected chi connectivity index (χ4v) is 3.03. The molecule has 0 spiro atoms. The van der Waals surface area contributed by atoms with E-state index in [0.29, 0.717) is 17.7 Å². The molecule has 4 nitrogen and oxygen atoms in total. The van der Waals surface area contributed by atoms with Gasteiger partial charge in [-0.2, -0.15) is 0 Å². The molecule has 1 aliphatic carbocycles. The lowest BCUT2D eigenvalue weighted by Gasteiger charge is -2.39. The van der Waals surface area contributed by atoms with Gasteiger partial charge in [-0.05, 0) is 18.8 Å². The van der Waals surface area contributed by atoms with Gasteiger partial charge in [0.05, 0.1) is 12.6 Å². The highest BCUT2D eigenvalue weighted by atomic mass is 35.5. The van der Waals surface area contributed by atoms with Crippen LogP contribution in [0.3, 0.4) is 0 Å². The van der Waals surface area contributed by atoms with E-state index in [4.69, 9.17) is 16.3 Å².